The van der Waals surface area contributed by atoms with Crippen molar-refractivity contribution >= 4 is 15.9 Å². The second kappa shape index (κ2) is 7.78. The van der Waals surface area contributed by atoms with Crippen LogP contribution in [0.5, 0.6) is 0 Å². The standard InChI is InChI=1S/C12H16BrF2NO2/c1-16-10(7-18-6-5-17-2)11-9(14)4-3-8(13)12(11)15/h3-4,10,16H,5-7H2,1-2H3. The van der Waals surface area contributed by atoms with Crippen LogP contribution in [-0.2, 0) is 9.47 Å². The lowest BCUT2D eigenvalue weighted by Gasteiger charge is -2.18. The van der Waals surface area contributed by atoms with E-state index in [1.54, 1.807) is 14.2 Å². The molecule has 1 aromatic carbocycles. The maximum absolute atomic E-state index is 13.9. The first-order valence-electron chi connectivity index (χ1n) is 5.49. The number of benzene rings is 1. The molecule has 0 saturated carbocycles. The first-order chi connectivity index (χ1) is 8.61. The maximum Gasteiger partial charge on any atom is 0.145 e. The van der Waals surface area contributed by atoms with Gasteiger partial charge in [-0.15, -0.1) is 0 Å². The Hall–Kier alpha value is -0.560. The van der Waals surface area contributed by atoms with Gasteiger partial charge in [0.15, 0.2) is 0 Å². The highest BCUT2D eigenvalue weighted by molar-refractivity contribution is 9.10. The van der Waals surface area contributed by atoms with E-state index >= 15 is 0 Å². The van der Waals surface area contributed by atoms with Crippen molar-refractivity contribution in [1.82, 2.24) is 5.32 Å². The Labute approximate surface area is 114 Å². The fraction of sp³-hybridized carbons (Fsp3) is 0.500. The van der Waals surface area contributed by atoms with E-state index < -0.39 is 17.7 Å². The number of halogens is 3. The molecule has 0 amide bonds. The van der Waals surface area contributed by atoms with Gasteiger partial charge in [0.1, 0.15) is 11.6 Å². The Bertz CT molecular complexity index is 391. The van der Waals surface area contributed by atoms with Gasteiger partial charge in [-0.25, -0.2) is 8.78 Å². The third-order valence-electron chi connectivity index (χ3n) is 2.49. The minimum Gasteiger partial charge on any atom is -0.382 e. The van der Waals surface area contributed by atoms with E-state index in [2.05, 4.69) is 21.2 Å². The summed E-state index contributed by atoms with van der Waals surface area (Å²) < 4.78 is 37.9. The van der Waals surface area contributed by atoms with Crippen LogP contribution in [0.4, 0.5) is 8.78 Å². The molecule has 1 atom stereocenters. The number of ether oxygens (including phenoxy) is 2. The summed E-state index contributed by atoms with van der Waals surface area (Å²) in [5, 5.41) is 2.84. The van der Waals surface area contributed by atoms with Gasteiger partial charge >= 0.3 is 0 Å². The zero-order chi connectivity index (χ0) is 13.5. The lowest BCUT2D eigenvalue weighted by molar-refractivity contribution is 0.0586. The van der Waals surface area contributed by atoms with Crippen molar-refractivity contribution in [2.75, 3.05) is 34.0 Å². The van der Waals surface area contributed by atoms with Crippen LogP contribution in [0.25, 0.3) is 0 Å². The van der Waals surface area contributed by atoms with Gasteiger partial charge in [0.2, 0.25) is 0 Å². The molecule has 102 valence electrons. The zero-order valence-electron chi connectivity index (χ0n) is 10.3. The normalized spacial score (nSPS) is 12.7. The molecule has 0 radical (unpaired) electrons. The highest BCUT2D eigenvalue weighted by Crippen LogP contribution is 2.26. The number of hydrogen-bond donors (Lipinski definition) is 1. The van der Waals surface area contributed by atoms with Crippen LogP contribution in [0.3, 0.4) is 0 Å². The SMILES string of the molecule is CNC(COCCOC)c1c(F)ccc(Br)c1F. The quantitative estimate of drug-likeness (QED) is 0.618. The van der Waals surface area contributed by atoms with Gasteiger partial charge in [0.25, 0.3) is 0 Å². The molecule has 0 bridgehead atoms. The Balaban J connectivity index is 2.78. The van der Waals surface area contributed by atoms with Crippen molar-refractivity contribution < 1.29 is 18.3 Å². The molecule has 0 aliphatic rings. The van der Waals surface area contributed by atoms with E-state index in [1.165, 1.54) is 12.1 Å². The summed E-state index contributed by atoms with van der Waals surface area (Å²) in [6.07, 6.45) is 0. The smallest absolute Gasteiger partial charge is 0.145 e. The van der Waals surface area contributed by atoms with E-state index in [0.717, 1.165) is 0 Å². The van der Waals surface area contributed by atoms with Gasteiger partial charge < -0.3 is 14.8 Å². The molecule has 0 aromatic heterocycles. The third kappa shape index (κ3) is 3.98. The Morgan fingerprint density at radius 1 is 1.33 bits per heavy atom. The second-order valence-corrected chi connectivity index (χ2v) is 4.52. The van der Waals surface area contributed by atoms with Gasteiger partial charge in [0.05, 0.1) is 30.3 Å². The minimum atomic E-state index is -0.607. The highest BCUT2D eigenvalue weighted by Gasteiger charge is 2.20. The predicted octanol–water partition coefficient (Wildman–Crippen LogP) is 2.65. The van der Waals surface area contributed by atoms with Gasteiger partial charge in [-0.1, -0.05) is 0 Å². The Morgan fingerprint density at radius 3 is 2.67 bits per heavy atom. The number of methoxy groups -OCH3 is 1. The zero-order valence-corrected chi connectivity index (χ0v) is 11.9. The van der Waals surface area contributed by atoms with Gasteiger partial charge in [-0.2, -0.15) is 0 Å². The van der Waals surface area contributed by atoms with Crippen LogP contribution in [0, 0.1) is 11.6 Å². The molecule has 1 aromatic rings. The summed E-state index contributed by atoms with van der Waals surface area (Å²) in [7, 11) is 3.19. The van der Waals surface area contributed by atoms with Crippen molar-refractivity contribution in [3.05, 3.63) is 33.8 Å². The summed E-state index contributed by atoms with van der Waals surface area (Å²) in [5.41, 5.74) is -0.0238. The maximum atomic E-state index is 13.9. The molecule has 1 unspecified atom stereocenters. The molecule has 0 spiro atoms. The fourth-order valence-corrected chi connectivity index (χ4v) is 1.86. The highest BCUT2D eigenvalue weighted by atomic mass is 79.9. The predicted molar refractivity (Wildman–Crippen MR) is 68.6 cm³/mol. The van der Waals surface area contributed by atoms with Crippen LogP contribution < -0.4 is 5.32 Å². The van der Waals surface area contributed by atoms with Crippen molar-refractivity contribution in [3.8, 4) is 0 Å². The first-order valence-corrected chi connectivity index (χ1v) is 6.28. The lowest BCUT2D eigenvalue weighted by atomic mass is 10.1. The summed E-state index contributed by atoms with van der Waals surface area (Å²) >= 11 is 3.04. The fourth-order valence-electron chi connectivity index (χ4n) is 1.52. The third-order valence-corrected chi connectivity index (χ3v) is 3.11. The van der Waals surface area contributed by atoms with Crippen molar-refractivity contribution in [2.45, 2.75) is 6.04 Å². The number of hydrogen-bond acceptors (Lipinski definition) is 3. The van der Waals surface area contributed by atoms with E-state index in [1.807, 2.05) is 0 Å². The average Bonchev–Trinajstić information content (AvgIpc) is 2.37. The molecule has 1 rings (SSSR count). The van der Waals surface area contributed by atoms with Crippen LogP contribution in [0.15, 0.2) is 16.6 Å². The molecule has 0 heterocycles. The van der Waals surface area contributed by atoms with Gasteiger partial charge in [-0.05, 0) is 35.1 Å². The summed E-state index contributed by atoms with van der Waals surface area (Å²) in [5.74, 6) is -1.20. The Morgan fingerprint density at radius 2 is 2.06 bits per heavy atom. The Kier molecular flexibility index (Phi) is 6.70. The van der Waals surface area contributed by atoms with Gasteiger partial charge in [-0.3, -0.25) is 0 Å². The van der Waals surface area contributed by atoms with E-state index in [4.69, 9.17) is 9.47 Å². The van der Waals surface area contributed by atoms with Crippen LogP contribution in [-0.4, -0.2) is 34.0 Å². The summed E-state index contributed by atoms with van der Waals surface area (Å²) in [6.45, 7) is 0.996. The molecular formula is C12H16BrF2NO2. The minimum absolute atomic E-state index is 0.0238. The molecular weight excluding hydrogens is 308 g/mol. The molecule has 1 N–H and O–H groups in total. The van der Waals surface area contributed by atoms with Crippen LogP contribution in [0.1, 0.15) is 11.6 Å². The van der Waals surface area contributed by atoms with E-state index in [9.17, 15) is 8.78 Å². The van der Waals surface area contributed by atoms with Crippen molar-refractivity contribution in [3.63, 3.8) is 0 Å². The monoisotopic (exact) mass is 323 g/mol. The molecule has 6 heteroatoms. The lowest BCUT2D eigenvalue weighted by Crippen LogP contribution is -2.25. The number of rotatable bonds is 7. The van der Waals surface area contributed by atoms with Crippen LogP contribution >= 0.6 is 15.9 Å². The first kappa shape index (κ1) is 15.5. The largest absolute Gasteiger partial charge is 0.382 e. The summed E-state index contributed by atoms with van der Waals surface area (Å²) in [4.78, 5) is 0. The summed E-state index contributed by atoms with van der Waals surface area (Å²) in [6, 6.07) is 2.02. The average molecular weight is 324 g/mol. The number of nitrogens with one attached hydrogen (secondary N) is 1. The van der Waals surface area contributed by atoms with E-state index in [0.29, 0.717) is 13.2 Å². The van der Waals surface area contributed by atoms with Crippen molar-refractivity contribution in [2.24, 2.45) is 0 Å². The van der Waals surface area contributed by atoms with Crippen LogP contribution in [0.2, 0.25) is 0 Å². The molecule has 0 fully saturated rings. The van der Waals surface area contributed by atoms with Gasteiger partial charge in [0, 0.05) is 12.7 Å². The molecule has 0 aliphatic carbocycles. The number of likely N-dealkylation sites (N-methyl/N-ethyl adjacent to an activating group) is 1. The molecule has 0 saturated heterocycles. The van der Waals surface area contributed by atoms with Crippen molar-refractivity contribution in [1.29, 1.82) is 0 Å². The molecule has 18 heavy (non-hydrogen) atoms. The molecule has 3 nitrogen and oxygen atoms in total. The second-order valence-electron chi connectivity index (χ2n) is 3.67. The molecule has 0 aliphatic heterocycles. The topological polar surface area (TPSA) is 30.5 Å². The van der Waals surface area contributed by atoms with E-state index in [-0.39, 0.29) is 16.6 Å².